The van der Waals surface area contributed by atoms with E-state index < -0.39 is 11.5 Å². The van der Waals surface area contributed by atoms with Crippen LogP contribution in [0.2, 0.25) is 0 Å². The average Bonchev–Trinajstić information content (AvgIpc) is 3.74. The molecule has 3 fully saturated rings. The van der Waals surface area contributed by atoms with Gasteiger partial charge in [0.2, 0.25) is 11.5 Å². The van der Waals surface area contributed by atoms with Crippen molar-refractivity contribution in [2.75, 3.05) is 45.2 Å². The van der Waals surface area contributed by atoms with E-state index in [1.807, 2.05) is 23.0 Å². The zero-order valence-corrected chi connectivity index (χ0v) is 22.0. The molecule has 2 N–H and O–H groups in total. The summed E-state index contributed by atoms with van der Waals surface area (Å²) in [4.78, 5) is 30.1. The zero-order chi connectivity index (χ0) is 27.3. The number of aliphatic hydroxyl groups is 1. The fourth-order valence-electron chi connectivity index (χ4n) is 5.44. The molecule has 4 aromatic heterocycles. The second-order valence-corrected chi connectivity index (χ2v) is 10.5. The molecule has 7 rings (SSSR count). The van der Waals surface area contributed by atoms with E-state index in [9.17, 15) is 9.90 Å². The Hall–Kier alpha value is -4.20. The maximum absolute atomic E-state index is 12.4. The first-order chi connectivity index (χ1) is 19.5. The van der Waals surface area contributed by atoms with Gasteiger partial charge in [-0.2, -0.15) is 5.10 Å². The SMILES string of the molecule is CN1CCC(O)(c2cc(-c3cccc(-c4ccnc(Nc5cnn(C6CCN(C7COC7)C6)c5)n4)n3)no2)C1=O. The smallest absolute Gasteiger partial charge is 0.262 e. The lowest BCUT2D eigenvalue weighted by Crippen LogP contribution is -2.47. The Morgan fingerprint density at radius 1 is 1.07 bits per heavy atom. The molecular formula is C27H29N9O4. The first-order valence-corrected chi connectivity index (χ1v) is 13.4. The predicted molar refractivity (Wildman–Crippen MR) is 142 cm³/mol. The number of ether oxygens (including phenoxy) is 1. The highest BCUT2D eigenvalue weighted by Crippen LogP contribution is 2.35. The van der Waals surface area contributed by atoms with Gasteiger partial charge < -0.3 is 24.6 Å². The van der Waals surface area contributed by atoms with Crippen LogP contribution in [0.1, 0.15) is 24.6 Å². The number of pyridine rings is 1. The molecule has 7 heterocycles. The zero-order valence-electron chi connectivity index (χ0n) is 22.0. The molecular weight excluding hydrogens is 514 g/mol. The summed E-state index contributed by atoms with van der Waals surface area (Å²) in [5, 5.41) is 22.8. The Bertz CT molecular complexity index is 1550. The lowest BCUT2D eigenvalue weighted by Gasteiger charge is -2.34. The van der Waals surface area contributed by atoms with Crippen LogP contribution in [0, 0.1) is 0 Å². The van der Waals surface area contributed by atoms with Crippen LogP contribution < -0.4 is 5.32 Å². The van der Waals surface area contributed by atoms with Crippen LogP contribution >= 0.6 is 0 Å². The molecule has 4 aromatic rings. The Balaban J connectivity index is 1.06. The summed E-state index contributed by atoms with van der Waals surface area (Å²) in [6.07, 6.45) is 6.75. The van der Waals surface area contributed by atoms with Crippen molar-refractivity contribution in [2.45, 2.75) is 30.5 Å². The third-order valence-corrected chi connectivity index (χ3v) is 7.92. The molecule has 0 spiro atoms. The standard InChI is InChI=1S/C27H29N9O4/c1-34-10-7-27(38,25(34)37)24-11-23(33-40-24)21-4-2-3-20(31-21)22-5-8-28-26(32-22)30-17-12-29-36(13-17)18-6-9-35(14-18)19-15-39-16-19/h2-5,8,11-13,18-19,38H,6-7,9-10,14-16H2,1H3,(H,28,30,32). The van der Waals surface area contributed by atoms with Crippen molar-refractivity contribution in [1.29, 1.82) is 0 Å². The normalized spacial score (nSPS) is 23.6. The van der Waals surface area contributed by atoms with Crippen LogP contribution in [0.4, 0.5) is 11.6 Å². The van der Waals surface area contributed by atoms with Gasteiger partial charge in [0.15, 0.2) is 5.76 Å². The molecule has 13 heteroatoms. The minimum Gasteiger partial charge on any atom is -0.378 e. The molecule has 0 saturated carbocycles. The minimum absolute atomic E-state index is 0.112. The molecule has 0 aliphatic carbocycles. The minimum atomic E-state index is -1.71. The predicted octanol–water partition coefficient (Wildman–Crippen LogP) is 1.83. The number of anilines is 2. The van der Waals surface area contributed by atoms with Gasteiger partial charge in [-0.15, -0.1) is 0 Å². The lowest BCUT2D eigenvalue weighted by molar-refractivity contribution is -0.144. The van der Waals surface area contributed by atoms with Crippen molar-refractivity contribution >= 4 is 17.5 Å². The number of nitrogens with zero attached hydrogens (tertiary/aromatic N) is 8. The molecule has 0 radical (unpaired) electrons. The molecule has 0 aromatic carbocycles. The number of nitrogens with one attached hydrogen (secondary N) is 1. The van der Waals surface area contributed by atoms with Gasteiger partial charge in [0.05, 0.1) is 54.3 Å². The van der Waals surface area contributed by atoms with E-state index in [4.69, 9.17) is 14.2 Å². The van der Waals surface area contributed by atoms with Crippen LogP contribution in [-0.2, 0) is 15.1 Å². The highest BCUT2D eigenvalue weighted by atomic mass is 16.5. The van der Waals surface area contributed by atoms with Gasteiger partial charge in [0.1, 0.15) is 5.69 Å². The Morgan fingerprint density at radius 2 is 1.90 bits per heavy atom. The number of rotatable bonds is 7. The second kappa shape index (κ2) is 9.77. The molecule has 2 atom stereocenters. The summed E-state index contributed by atoms with van der Waals surface area (Å²) in [5.74, 6) is 0.136. The monoisotopic (exact) mass is 543 g/mol. The van der Waals surface area contributed by atoms with Crippen molar-refractivity contribution in [2.24, 2.45) is 0 Å². The third kappa shape index (κ3) is 4.41. The Kier molecular flexibility index (Phi) is 6.06. The van der Waals surface area contributed by atoms with Gasteiger partial charge >= 0.3 is 0 Å². The molecule has 0 bridgehead atoms. The third-order valence-electron chi connectivity index (χ3n) is 7.92. The van der Waals surface area contributed by atoms with E-state index in [1.165, 1.54) is 4.90 Å². The van der Waals surface area contributed by atoms with Gasteiger partial charge in [-0.25, -0.2) is 15.0 Å². The molecule has 2 unspecified atom stereocenters. The number of hydrogen-bond acceptors (Lipinski definition) is 11. The number of aromatic nitrogens is 6. The number of likely N-dealkylation sites (N-methyl/N-ethyl adjacent to an activating group) is 1. The van der Waals surface area contributed by atoms with E-state index in [0.29, 0.717) is 47.4 Å². The fraction of sp³-hybridized carbons (Fsp3) is 0.407. The van der Waals surface area contributed by atoms with Crippen molar-refractivity contribution < 1.29 is 19.2 Å². The maximum atomic E-state index is 12.4. The molecule has 1 amide bonds. The first kappa shape index (κ1) is 24.8. The maximum Gasteiger partial charge on any atom is 0.262 e. The summed E-state index contributed by atoms with van der Waals surface area (Å²) in [7, 11) is 1.65. The number of likely N-dealkylation sites (tertiary alicyclic amines) is 2. The highest BCUT2D eigenvalue weighted by molar-refractivity contribution is 5.87. The van der Waals surface area contributed by atoms with Crippen LogP contribution in [-0.4, -0.2) is 96.6 Å². The topological polar surface area (TPSA) is 148 Å². The number of carbonyl (C=O) groups excluding carboxylic acids is 1. The summed E-state index contributed by atoms with van der Waals surface area (Å²) in [5.41, 5.74) is 1.29. The van der Waals surface area contributed by atoms with Gasteiger partial charge in [0, 0.05) is 51.6 Å². The molecule has 3 saturated heterocycles. The van der Waals surface area contributed by atoms with Crippen molar-refractivity contribution in [3.63, 3.8) is 0 Å². The van der Waals surface area contributed by atoms with Crippen LogP contribution in [0.15, 0.2) is 53.4 Å². The highest BCUT2D eigenvalue weighted by Gasteiger charge is 2.48. The molecule has 206 valence electrons. The van der Waals surface area contributed by atoms with Crippen LogP contribution in [0.5, 0.6) is 0 Å². The first-order valence-electron chi connectivity index (χ1n) is 13.4. The fourth-order valence-corrected chi connectivity index (χ4v) is 5.44. The second-order valence-electron chi connectivity index (χ2n) is 10.5. The van der Waals surface area contributed by atoms with Crippen molar-refractivity contribution in [3.05, 3.63) is 54.7 Å². The largest absolute Gasteiger partial charge is 0.378 e. The van der Waals surface area contributed by atoms with E-state index in [-0.39, 0.29) is 12.2 Å². The number of carbonyl (C=O) groups is 1. The summed E-state index contributed by atoms with van der Waals surface area (Å²) in [6.45, 7) is 4.13. The Morgan fingerprint density at radius 3 is 2.67 bits per heavy atom. The molecule has 3 aliphatic heterocycles. The van der Waals surface area contributed by atoms with Gasteiger partial charge in [-0.05, 0) is 24.6 Å². The summed E-state index contributed by atoms with van der Waals surface area (Å²) >= 11 is 0. The van der Waals surface area contributed by atoms with Crippen molar-refractivity contribution in [1.82, 2.24) is 39.7 Å². The number of hydrogen-bond donors (Lipinski definition) is 2. The van der Waals surface area contributed by atoms with Crippen LogP contribution in [0.25, 0.3) is 22.8 Å². The van der Waals surface area contributed by atoms with Crippen LogP contribution in [0.3, 0.4) is 0 Å². The average molecular weight is 544 g/mol. The van der Waals surface area contributed by atoms with Gasteiger partial charge in [-0.3, -0.25) is 14.4 Å². The van der Waals surface area contributed by atoms with E-state index in [1.54, 1.807) is 37.6 Å². The molecule has 40 heavy (non-hydrogen) atoms. The molecule has 13 nitrogen and oxygen atoms in total. The summed E-state index contributed by atoms with van der Waals surface area (Å²) in [6, 6.07) is 9.69. The van der Waals surface area contributed by atoms with Crippen molar-refractivity contribution in [3.8, 4) is 22.8 Å². The van der Waals surface area contributed by atoms with Gasteiger partial charge in [-0.1, -0.05) is 11.2 Å². The Labute approximate surface area is 229 Å². The summed E-state index contributed by atoms with van der Waals surface area (Å²) < 4.78 is 12.7. The molecule has 3 aliphatic rings. The van der Waals surface area contributed by atoms with E-state index >= 15 is 0 Å². The van der Waals surface area contributed by atoms with E-state index in [0.717, 1.165) is 38.4 Å². The van der Waals surface area contributed by atoms with Gasteiger partial charge in [0.25, 0.3) is 5.91 Å². The lowest BCUT2D eigenvalue weighted by atomic mass is 9.98. The number of amides is 1. The van der Waals surface area contributed by atoms with E-state index in [2.05, 4.69) is 30.4 Å². The quantitative estimate of drug-likeness (QED) is 0.352.